The van der Waals surface area contributed by atoms with Crippen LogP contribution in [0.4, 0.5) is 0 Å². The first-order valence-electron chi connectivity index (χ1n) is 13.3. The zero-order valence-corrected chi connectivity index (χ0v) is 22.5. The second-order valence-corrected chi connectivity index (χ2v) is 9.10. The fraction of sp³-hybridized carbons (Fsp3) is 0.448. The van der Waals surface area contributed by atoms with E-state index in [1.807, 2.05) is 42.5 Å². The number of nitrogens with one attached hydrogen (secondary N) is 1. The number of hydrogen-bond acceptors (Lipinski definition) is 6. The second-order valence-electron chi connectivity index (χ2n) is 9.10. The highest BCUT2D eigenvalue weighted by Crippen LogP contribution is 2.17. The summed E-state index contributed by atoms with van der Waals surface area (Å²) >= 11 is 0. The molecular formula is C29H39N5O4. The van der Waals surface area contributed by atoms with Crippen molar-refractivity contribution in [1.29, 1.82) is 0 Å². The summed E-state index contributed by atoms with van der Waals surface area (Å²) in [5.41, 5.74) is 2.17. The zero-order chi connectivity index (χ0) is 27.0. The van der Waals surface area contributed by atoms with Crippen LogP contribution in [0, 0.1) is 0 Å². The molecule has 2 aromatic rings. The van der Waals surface area contributed by atoms with Crippen molar-refractivity contribution in [2.24, 2.45) is 10.1 Å². The number of hydrazone groups is 1. The Kier molecular flexibility index (Phi) is 12.3. The molecule has 0 spiro atoms. The van der Waals surface area contributed by atoms with Crippen molar-refractivity contribution in [3.8, 4) is 5.75 Å². The predicted molar refractivity (Wildman–Crippen MR) is 149 cm³/mol. The van der Waals surface area contributed by atoms with Crippen LogP contribution in [0.5, 0.6) is 5.75 Å². The van der Waals surface area contributed by atoms with Gasteiger partial charge in [-0.1, -0.05) is 48.9 Å². The number of amides is 1. The molecule has 0 saturated carbocycles. The molecule has 1 heterocycles. The van der Waals surface area contributed by atoms with E-state index in [0.717, 1.165) is 30.9 Å². The minimum atomic E-state index is -0.605. The predicted octanol–water partition coefficient (Wildman–Crippen LogP) is 3.83. The maximum absolute atomic E-state index is 12.3. The number of rotatable bonds is 12. The number of guanidine groups is 1. The Morgan fingerprint density at radius 2 is 1.87 bits per heavy atom. The minimum absolute atomic E-state index is 0.212. The van der Waals surface area contributed by atoms with Gasteiger partial charge in [-0.25, -0.2) is 5.01 Å². The van der Waals surface area contributed by atoms with Crippen LogP contribution in [0.25, 0.3) is 0 Å². The lowest BCUT2D eigenvalue weighted by Gasteiger charge is -2.26. The van der Waals surface area contributed by atoms with Gasteiger partial charge in [-0.2, -0.15) is 10.1 Å². The maximum atomic E-state index is 12.3. The van der Waals surface area contributed by atoms with Crippen molar-refractivity contribution in [3.63, 3.8) is 0 Å². The Morgan fingerprint density at radius 3 is 2.63 bits per heavy atom. The molecule has 1 aliphatic rings. The summed E-state index contributed by atoms with van der Waals surface area (Å²) in [5.74, 6) is -0.112. The van der Waals surface area contributed by atoms with Gasteiger partial charge in [0.1, 0.15) is 12.2 Å². The number of hydrogen-bond donors (Lipinski definition) is 1. The smallest absolute Gasteiger partial charge is 0.315 e. The number of carbonyl (C=O) groups excluding carboxylic acids is 2. The van der Waals surface area contributed by atoms with Crippen LogP contribution in [0.3, 0.4) is 0 Å². The number of piperidine rings is 1. The first-order valence-corrected chi connectivity index (χ1v) is 13.3. The van der Waals surface area contributed by atoms with E-state index in [4.69, 9.17) is 9.47 Å². The Balaban J connectivity index is 1.51. The first kappa shape index (κ1) is 28.8. The van der Waals surface area contributed by atoms with E-state index >= 15 is 0 Å². The molecule has 1 aliphatic heterocycles. The lowest BCUT2D eigenvalue weighted by Crippen LogP contribution is -2.37. The minimum Gasteiger partial charge on any atom is -0.494 e. The van der Waals surface area contributed by atoms with Gasteiger partial charge in [0, 0.05) is 20.1 Å². The molecule has 1 amide bonds. The third kappa shape index (κ3) is 10.7. The van der Waals surface area contributed by atoms with Gasteiger partial charge in [-0.15, -0.1) is 0 Å². The van der Waals surface area contributed by atoms with Crippen LogP contribution < -0.4 is 10.1 Å². The molecule has 3 rings (SSSR count). The van der Waals surface area contributed by atoms with Crippen molar-refractivity contribution in [1.82, 2.24) is 15.2 Å². The van der Waals surface area contributed by atoms with E-state index in [2.05, 4.69) is 32.4 Å². The summed E-state index contributed by atoms with van der Waals surface area (Å²) in [7, 11) is 1.69. The topological polar surface area (TPSA) is 95.8 Å². The molecule has 38 heavy (non-hydrogen) atoms. The summed E-state index contributed by atoms with van der Waals surface area (Å²) in [6.45, 7) is 6.18. The van der Waals surface area contributed by atoms with Crippen molar-refractivity contribution in [2.45, 2.75) is 45.6 Å². The van der Waals surface area contributed by atoms with Gasteiger partial charge in [-0.3, -0.25) is 14.5 Å². The standard InChI is InChI=1S/C29H39N5O4/c1-3-37-28(36)21-27(35)32-29(33(2)31-22-24-12-6-4-7-13-24)30-16-11-19-38-26-15-10-14-25(20-26)23-34-17-8-5-9-18-34/h4,6-7,10,12-15,20,22H,3,5,8-9,11,16-19,21,23H2,1-2H3,(H,30,32,35). The zero-order valence-electron chi connectivity index (χ0n) is 22.5. The molecular weight excluding hydrogens is 482 g/mol. The summed E-state index contributed by atoms with van der Waals surface area (Å²) in [5, 5.41) is 9.00. The first-order chi connectivity index (χ1) is 18.5. The Labute approximate surface area is 225 Å². The highest BCUT2D eigenvalue weighted by Gasteiger charge is 2.14. The molecule has 2 aromatic carbocycles. The van der Waals surface area contributed by atoms with E-state index in [1.54, 1.807) is 20.2 Å². The molecule has 0 bridgehead atoms. The number of likely N-dealkylation sites (tertiary alicyclic amines) is 1. The number of nitrogens with zero attached hydrogens (tertiary/aromatic N) is 4. The molecule has 0 atom stereocenters. The van der Waals surface area contributed by atoms with Crippen molar-refractivity contribution < 1.29 is 19.1 Å². The molecule has 1 fully saturated rings. The maximum Gasteiger partial charge on any atom is 0.315 e. The van der Waals surface area contributed by atoms with E-state index in [-0.39, 0.29) is 12.6 Å². The monoisotopic (exact) mass is 521 g/mol. The SMILES string of the molecule is CCOC(=O)CC(=O)N=C(NCCCOc1cccc(CN2CCCCC2)c1)N(C)N=Cc1ccccc1. The van der Waals surface area contributed by atoms with Crippen LogP contribution >= 0.6 is 0 Å². The lowest BCUT2D eigenvalue weighted by atomic mass is 10.1. The average Bonchev–Trinajstić information content (AvgIpc) is 2.92. The van der Waals surface area contributed by atoms with Gasteiger partial charge < -0.3 is 14.8 Å². The van der Waals surface area contributed by atoms with Crippen LogP contribution in [0.1, 0.15) is 50.2 Å². The summed E-state index contributed by atoms with van der Waals surface area (Å²) in [4.78, 5) is 30.6. The lowest BCUT2D eigenvalue weighted by molar-refractivity contribution is -0.145. The van der Waals surface area contributed by atoms with E-state index < -0.39 is 18.3 Å². The molecule has 9 heteroatoms. The molecule has 0 unspecified atom stereocenters. The highest BCUT2D eigenvalue weighted by atomic mass is 16.5. The summed E-state index contributed by atoms with van der Waals surface area (Å²) in [6.07, 6.45) is 5.80. The van der Waals surface area contributed by atoms with Crippen LogP contribution in [-0.4, -0.2) is 73.9 Å². The number of esters is 1. The quantitative estimate of drug-likeness (QED) is 0.113. The Morgan fingerprint density at radius 1 is 1.08 bits per heavy atom. The van der Waals surface area contributed by atoms with Crippen molar-refractivity contribution in [3.05, 3.63) is 65.7 Å². The van der Waals surface area contributed by atoms with Crippen molar-refractivity contribution in [2.75, 3.05) is 39.9 Å². The molecule has 0 aromatic heterocycles. The van der Waals surface area contributed by atoms with E-state index in [1.165, 1.54) is 29.8 Å². The van der Waals surface area contributed by atoms with Gasteiger partial charge in [0.2, 0.25) is 5.96 Å². The number of aliphatic imine (C=N–C) groups is 1. The van der Waals surface area contributed by atoms with E-state index in [0.29, 0.717) is 19.6 Å². The largest absolute Gasteiger partial charge is 0.494 e. The Hall–Kier alpha value is -3.72. The molecule has 1 saturated heterocycles. The number of ether oxygens (including phenoxy) is 2. The van der Waals surface area contributed by atoms with Crippen LogP contribution in [0.15, 0.2) is 64.7 Å². The van der Waals surface area contributed by atoms with Gasteiger partial charge >= 0.3 is 5.97 Å². The van der Waals surface area contributed by atoms with Crippen molar-refractivity contribution >= 4 is 24.1 Å². The fourth-order valence-electron chi connectivity index (χ4n) is 4.04. The normalized spacial score (nSPS) is 14.3. The summed E-state index contributed by atoms with van der Waals surface area (Å²) in [6, 6.07) is 17.9. The van der Waals surface area contributed by atoms with E-state index in [9.17, 15) is 9.59 Å². The molecule has 9 nitrogen and oxygen atoms in total. The van der Waals surface area contributed by atoms with Gasteiger partial charge in [0.25, 0.3) is 5.91 Å². The fourth-order valence-corrected chi connectivity index (χ4v) is 4.04. The van der Waals surface area contributed by atoms with Crippen LogP contribution in [-0.2, 0) is 20.9 Å². The third-order valence-electron chi connectivity index (χ3n) is 5.94. The second kappa shape index (κ2) is 16.2. The van der Waals surface area contributed by atoms with Crippen LogP contribution in [0.2, 0.25) is 0 Å². The molecule has 0 aliphatic carbocycles. The molecule has 204 valence electrons. The highest BCUT2D eigenvalue weighted by molar-refractivity contribution is 6.01. The van der Waals surface area contributed by atoms with Gasteiger partial charge in [0.05, 0.1) is 19.4 Å². The number of carbonyl (C=O) groups is 2. The summed E-state index contributed by atoms with van der Waals surface area (Å²) < 4.78 is 10.8. The average molecular weight is 522 g/mol. The Bertz CT molecular complexity index is 1070. The number of benzene rings is 2. The third-order valence-corrected chi connectivity index (χ3v) is 5.94. The molecule has 1 N–H and O–H groups in total. The molecule has 0 radical (unpaired) electrons. The van der Waals surface area contributed by atoms with Gasteiger partial charge in [-0.05, 0) is 62.5 Å². The van der Waals surface area contributed by atoms with Gasteiger partial charge in [0.15, 0.2) is 0 Å².